The van der Waals surface area contributed by atoms with Crippen molar-refractivity contribution < 1.29 is 63.1 Å². The number of anilines is 2. The van der Waals surface area contributed by atoms with Crippen LogP contribution in [0, 0.1) is 11.8 Å². The molecule has 0 saturated heterocycles. The van der Waals surface area contributed by atoms with Crippen molar-refractivity contribution in [3.63, 3.8) is 0 Å². The molecule has 1 heterocycles. The molecular weight excluding hydrogens is 710 g/mol. The summed E-state index contributed by atoms with van der Waals surface area (Å²) >= 11 is 0. The van der Waals surface area contributed by atoms with E-state index in [1.165, 1.54) is 43.5 Å². The zero-order chi connectivity index (χ0) is 39.8. The van der Waals surface area contributed by atoms with Gasteiger partial charge < -0.3 is 50.3 Å². The summed E-state index contributed by atoms with van der Waals surface area (Å²) in [4.78, 5) is 82.3. The van der Waals surface area contributed by atoms with Gasteiger partial charge in [0.25, 0.3) is 5.91 Å². The van der Waals surface area contributed by atoms with Crippen LogP contribution in [0.2, 0.25) is 0 Å². The number of esters is 1. The number of amides is 3. The molecule has 7 N–H and O–H groups in total. The Balaban J connectivity index is 1.46. The molecule has 1 aromatic carbocycles. The van der Waals surface area contributed by atoms with Crippen LogP contribution in [-0.2, 0) is 35.1 Å². The van der Waals surface area contributed by atoms with Gasteiger partial charge in [0, 0.05) is 37.8 Å². The minimum absolute atomic E-state index is 0.0327. The van der Waals surface area contributed by atoms with Gasteiger partial charge in [0.2, 0.25) is 24.2 Å². The summed E-state index contributed by atoms with van der Waals surface area (Å²) in [6.45, 7) is 0.647. The predicted octanol–water partition coefficient (Wildman–Crippen LogP) is 1.61. The Morgan fingerprint density at radius 3 is 2.39 bits per heavy atom. The molecular formula is C36H43N5O13. The number of Topliss-reactive ketones (excluding diaryl/α,β-unsaturated/α-hetero) is 2. The summed E-state index contributed by atoms with van der Waals surface area (Å²) in [6, 6.07) is 3.07. The fourth-order valence-electron chi connectivity index (χ4n) is 7.42. The largest absolute Gasteiger partial charge is 0.508 e. The molecule has 18 nitrogen and oxygen atoms in total. The highest BCUT2D eigenvalue weighted by atomic mass is 16.7. The Hall–Kier alpha value is -5.88. The van der Waals surface area contributed by atoms with E-state index in [1.807, 2.05) is 6.92 Å². The van der Waals surface area contributed by atoms with Crippen LogP contribution in [0.1, 0.15) is 47.9 Å². The van der Waals surface area contributed by atoms with Crippen LogP contribution in [-0.4, -0.2) is 125 Å². The van der Waals surface area contributed by atoms with Crippen molar-refractivity contribution in [1.29, 1.82) is 0 Å². The van der Waals surface area contributed by atoms with Gasteiger partial charge in [-0.05, 0) is 63.0 Å². The maximum absolute atomic E-state index is 14.2. The van der Waals surface area contributed by atoms with Crippen molar-refractivity contribution in [3.8, 4) is 5.75 Å². The Bertz CT molecular complexity index is 1950. The highest BCUT2D eigenvalue weighted by Gasteiger charge is 2.64. The highest BCUT2D eigenvalue weighted by Crippen LogP contribution is 2.54. The van der Waals surface area contributed by atoms with Crippen LogP contribution >= 0.6 is 0 Å². The molecule has 1 aromatic heterocycles. The standard InChI is InChI=1S/C36H43N5O13/c1-6-7-10-41(35(50)54-16-53-34(49)22-9-8-11-52-22)15-23(42)38-20-14-21(39(2)3)18-12-17-13-19-27(40(4)5)30(45)26(33(37)48)32(47)36(19,51)31(46)24(17)29(44)25(18)28(20)43/h8-9,11,14,17,19,27,43-44,47,51H,6-7,10,12-13,15-16H2,1-5H3,(H2,37,48)(H,38,42)/t17-,19-,27-,36-/m0/s1. The van der Waals surface area contributed by atoms with Crippen LogP contribution in [0.4, 0.5) is 16.2 Å². The number of nitrogens with one attached hydrogen (secondary N) is 1. The van der Waals surface area contributed by atoms with E-state index in [2.05, 4.69) is 5.32 Å². The normalized spacial score (nSPS) is 21.9. The highest BCUT2D eigenvalue weighted by molar-refractivity contribution is 6.24. The first-order chi connectivity index (χ1) is 25.4. The van der Waals surface area contributed by atoms with Crippen molar-refractivity contribution in [2.24, 2.45) is 17.6 Å². The minimum Gasteiger partial charge on any atom is -0.508 e. The van der Waals surface area contributed by atoms with Gasteiger partial charge in [-0.15, -0.1) is 0 Å². The molecule has 3 aliphatic rings. The number of ketones is 2. The second-order valence-electron chi connectivity index (χ2n) is 13.8. The van der Waals surface area contributed by atoms with Gasteiger partial charge in [-0.25, -0.2) is 9.59 Å². The number of hydrogen-bond donors (Lipinski definition) is 6. The Labute approximate surface area is 309 Å². The lowest BCUT2D eigenvalue weighted by atomic mass is 9.57. The molecule has 0 aliphatic heterocycles. The number of carbonyl (C=O) groups excluding carboxylic acids is 6. The summed E-state index contributed by atoms with van der Waals surface area (Å²) < 4.78 is 14.9. The van der Waals surface area contributed by atoms with Gasteiger partial charge in [0.05, 0.1) is 23.6 Å². The number of primary amides is 1. The molecule has 18 heteroatoms. The third kappa shape index (κ3) is 6.84. The van der Waals surface area contributed by atoms with Crippen LogP contribution in [0.25, 0.3) is 5.76 Å². The zero-order valence-electron chi connectivity index (χ0n) is 30.4. The minimum atomic E-state index is -2.82. The average Bonchev–Trinajstić information content (AvgIpc) is 3.64. The van der Waals surface area contributed by atoms with Crippen LogP contribution in [0.5, 0.6) is 5.75 Å². The lowest BCUT2D eigenvalue weighted by Gasteiger charge is -2.50. The van der Waals surface area contributed by atoms with Crippen molar-refractivity contribution in [2.45, 2.75) is 44.2 Å². The third-order valence-corrected chi connectivity index (χ3v) is 9.92. The number of benzene rings is 1. The molecule has 5 rings (SSSR count). The van der Waals surface area contributed by atoms with Crippen LogP contribution < -0.4 is 16.0 Å². The molecule has 54 heavy (non-hydrogen) atoms. The number of carbonyl (C=O) groups is 6. The molecule has 0 radical (unpaired) electrons. The molecule has 1 fully saturated rings. The number of aliphatic hydroxyl groups is 3. The number of fused-ring (bicyclic) bond motifs is 3. The topological polar surface area (TPSA) is 263 Å². The number of likely N-dealkylation sites (N-methyl/N-ethyl adjacent to an activating group) is 1. The number of aliphatic hydroxyl groups excluding tert-OH is 2. The number of phenolic OH excluding ortho intramolecular Hbond substituents is 1. The van der Waals surface area contributed by atoms with Gasteiger partial charge in [-0.1, -0.05) is 13.3 Å². The van der Waals surface area contributed by atoms with E-state index in [1.54, 1.807) is 19.0 Å². The summed E-state index contributed by atoms with van der Waals surface area (Å²) in [6.07, 6.45) is 1.39. The van der Waals surface area contributed by atoms with E-state index in [4.69, 9.17) is 19.6 Å². The van der Waals surface area contributed by atoms with Crippen LogP contribution in [0.15, 0.2) is 45.8 Å². The van der Waals surface area contributed by atoms with E-state index in [-0.39, 0.29) is 42.0 Å². The van der Waals surface area contributed by atoms with Crippen molar-refractivity contribution in [2.75, 3.05) is 58.3 Å². The van der Waals surface area contributed by atoms with Gasteiger partial charge in [-0.2, -0.15) is 0 Å². The predicted molar refractivity (Wildman–Crippen MR) is 189 cm³/mol. The van der Waals surface area contributed by atoms with E-state index in [9.17, 15) is 49.2 Å². The number of nitrogens with two attached hydrogens (primary N) is 1. The fraction of sp³-hybridized carbons (Fsp3) is 0.444. The maximum atomic E-state index is 14.2. The molecule has 3 aliphatic carbocycles. The number of ether oxygens (including phenoxy) is 2. The van der Waals surface area contributed by atoms with Crippen molar-refractivity contribution >= 4 is 52.6 Å². The van der Waals surface area contributed by atoms with Gasteiger partial charge in [0.1, 0.15) is 29.4 Å². The number of unbranched alkanes of at least 4 members (excludes halogenated alkanes) is 1. The monoisotopic (exact) mass is 753 g/mol. The summed E-state index contributed by atoms with van der Waals surface area (Å²) in [5, 5.41) is 48.8. The number of rotatable bonds is 12. The molecule has 4 atom stereocenters. The first kappa shape index (κ1) is 39.3. The number of hydrogen-bond acceptors (Lipinski definition) is 15. The molecule has 0 unspecified atom stereocenters. The molecule has 0 bridgehead atoms. The Kier molecular flexibility index (Phi) is 11.1. The van der Waals surface area contributed by atoms with Gasteiger partial charge >= 0.3 is 12.1 Å². The quantitative estimate of drug-likeness (QED) is 0.0779. The smallest absolute Gasteiger partial charge is 0.413 e. The SMILES string of the molecule is CCCCN(CC(=O)Nc1cc(N(C)C)c2c(c1O)C(O)=C1C(=O)[C@]3(O)C(O)=C(C(N)=O)C(=O)[C@@H](N(C)C)[C@@H]3C[C@@H]1C2)C(=O)OCOC(=O)c1ccco1. The number of furan rings is 1. The van der Waals surface area contributed by atoms with Crippen molar-refractivity contribution in [3.05, 3.63) is 58.3 Å². The summed E-state index contributed by atoms with van der Waals surface area (Å²) in [7, 11) is 6.38. The summed E-state index contributed by atoms with van der Waals surface area (Å²) in [5.41, 5.74) is 1.70. The molecule has 3 amide bonds. The van der Waals surface area contributed by atoms with E-state index >= 15 is 0 Å². The molecule has 1 saturated carbocycles. The number of phenols is 1. The van der Waals surface area contributed by atoms with Gasteiger partial charge in [-0.3, -0.25) is 29.0 Å². The molecule has 0 spiro atoms. The fourth-order valence-corrected chi connectivity index (χ4v) is 7.42. The van der Waals surface area contributed by atoms with Crippen molar-refractivity contribution in [1.82, 2.24) is 9.80 Å². The first-order valence-electron chi connectivity index (χ1n) is 17.1. The molecule has 290 valence electrons. The van der Waals surface area contributed by atoms with Crippen LogP contribution in [0.3, 0.4) is 0 Å². The lowest BCUT2D eigenvalue weighted by Crippen LogP contribution is -2.65. The summed E-state index contributed by atoms with van der Waals surface area (Å²) in [5.74, 6) is -9.75. The lowest BCUT2D eigenvalue weighted by molar-refractivity contribution is -0.153. The van der Waals surface area contributed by atoms with Gasteiger partial charge in [0.15, 0.2) is 11.4 Å². The number of aromatic hydroxyl groups is 1. The van der Waals surface area contributed by atoms with E-state index < -0.39 is 95.1 Å². The second kappa shape index (κ2) is 15.2. The number of nitrogens with zero attached hydrogens (tertiary/aromatic N) is 3. The van der Waals surface area contributed by atoms with E-state index in [0.29, 0.717) is 24.1 Å². The zero-order valence-corrected chi connectivity index (χ0v) is 30.4. The molecule has 2 aromatic rings. The Morgan fingerprint density at radius 1 is 1.09 bits per heavy atom. The Morgan fingerprint density at radius 2 is 1.80 bits per heavy atom. The maximum Gasteiger partial charge on any atom is 0.413 e. The first-order valence-corrected chi connectivity index (χ1v) is 17.1. The second-order valence-corrected chi connectivity index (χ2v) is 13.8. The average molecular weight is 754 g/mol. The third-order valence-electron chi connectivity index (χ3n) is 9.92. The van der Waals surface area contributed by atoms with E-state index in [0.717, 1.165) is 4.90 Å².